The van der Waals surface area contributed by atoms with Crippen molar-refractivity contribution in [1.29, 1.82) is 0 Å². The van der Waals surface area contributed by atoms with Gasteiger partial charge in [0.1, 0.15) is 6.54 Å². The Labute approximate surface area is 135 Å². The van der Waals surface area contributed by atoms with Crippen molar-refractivity contribution < 1.29 is 4.79 Å². The van der Waals surface area contributed by atoms with Crippen LogP contribution in [0.1, 0.15) is 27.2 Å². The third-order valence-corrected chi connectivity index (χ3v) is 3.88. The van der Waals surface area contributed by atoms with Gasteiger partial charge in [0.2, 0.25) is 5.91 Å². The van der Waals surface area contributed by atoms with Gasteiger partial charge in [-0.2, -0.15) is 0 Å². The van der Waals surface area contributed by atoms with Crippen molar-refractivity contribution >= 4 is 11.9 Å². The van der Waals surface area contributed by atoms with Crippen molar-refractivity contribution in [3.05, 3.63) is 0 Å². The lowest BCUT2D eigenvalue weighted by atomic mass is 9.92. The average Bonchev–Trinajstić information content (AvgIpc) is 2.43. The van der Waals surface area contributed by atoms with Crippen LogP contribution in [0.5, 0.6) is 0 Å². The number of piperidine rings is 1. The number of likely N-dealkylation sites (N-methyl/N-ethyl adjacent to an activating group) is 1. The summed E-state index contributed by atoms with van der Waals surface area (Å²) in [6.45, 7) is 11.9. The molecule has 1 aliphatic rings. The maximum absolute atomic E-state index is 11.6. The minimum absolute atomic E-state index is 0.0101. The number of nitrogens with zero attached hydrogens (tertiary/aromatic N) is 3. The fourth-order valence-electron chi connectivity index (χ4n) is 2.94. The van der Waals surface area contributed by atoms with Gasteiger partial charge in [0.25, 0.3) is 0 Å². The Morgan fingerprint density at radius 3 is 2.41 bits per heavy atom. The molecule has 0 spiro atoms. The predicted molar refractivity (Wildman–Crippen MR) is 92.1 cm³/mol. The zero-order valence-corrected chi connectivity index (χ0v) is 14.9. The molecular weight excluding hydrogens is 278 g/mol. The Morgan fingerprint density at radius 1 is 1.23 bits per heavy atom. The van der Waals surface area contributed by atoms with Gasteiger partial charge in [-0.05, 0) is 25.2 Å². The molecule has 2 N–H and O–H groups in total. The van der Waals surface area contributed by atoms with Crippen LogP contribution in [0, 0.1) is 11.8 Å². The molecule has 1 aliphatic heterocycles. The second kappa shape index (κ2) is 9.66. The zero-order chi connectivity index (χ0) is 16.5. The summed E-state index contributed by atoms with van der Waals surface area (Å²) >= 11 is 0. The molecule has 6 nitrogen and oxygen atoms in total. The summed E-state index contributed by atoms with van der Waals surface area (Å²) in [7, 11) is 3.49. The molecule has 0 aromatic heterocycles. The SMILES string of the molecule is CCNC(=NCC(=O)N(C)C)NCCN1CC(C)CC(C)C1. The summed E-state index contributed by atoms with van der Waals surface area (Å²) in [5.41, 5.74) is 0. The molecular formula is C16H33N5O. The molecule has 2 atom stereocenters. The van der Waals surface area contributed by atoms with E-state index >= 15 is 0 Å². The summed E-state index contributed by atoms with van der Waals surface area (Å²) < 4.78 is 0. The number of aliphatic imine (C=N–C) groups is 1. The predicted octanol–water partition coefficient (Wildman–Crippen LogP) is 0.608. The molecule has 6 heteroatoms. The molecule has 0 radical (unpaired) electrons. The number of amides is 1. The molecule has 1 amide bonds. The Balaban J connectivity index is 2.37. The fourth-order valence-corrected chi connectivity index (χ4v) is 2.94. The van der Waals surface area contributed by atoms with Crippen LogP contribution < -0.4 is 10.6 Å². The van der Waals surface area contributed by atoms with Crippen molar-refractivity contribution in [2.45, 2.75) is 27.2 Å². The second-order valence-electron chi connectivity index (χ2n) is 6.62. The van der Waals surface area contributed by atoms with Crippen LogP contribution in [-0.2, 0) is 4.79 Å². The van der Waals surface area contributed by atoms with Gasteiger partial charge in [0.15, 0.2) is 5.96 Å². The molecule has 1 fully saturated rings. The van der Waals surface area contributed by atoms with Crippen LogP contribution >= 0.6 is 0 Å². The van der Waals surface area contributed by atoms with Crippen LogP contribution in [0.15, 0.2) is 4.99 Å². The molecule has 1 rings (SSSR count). The maximum Gasteiger partial charge on any atom is 0.243 e. The minimum atomic E-state index is 0.0101. The van der Waals surface area contributed by atoms with Gasteiger partial charge in [-0.1, -0.05) is 13.8 Å². The van der Waals surface area contributed by atoms with Gasteiger partial charge >= 0.3 is 0 Å². The highest BCUT2D eigenvalue weighted by atomic mass is 16.2. The molecule has 0 aromatic rings. The Hall–Kier alpha value is -1.30. The number of nitrogens with one attached hydrogen (secondary N) is 2. The normalized spacial score (nSPS) is 23.2. The highest BCUT2D eigenvalue weighted by Crippen LogP contribution is 2.20. The van der Waals surface area contributed by atoms with Crippen LogP contribution in [-0.4, -0.2) is 75.0 Å². The molecule has 1 saturated heterocycles. The fraction of sp³-hybridized carbons (Fsp3) is 0.875. The first-order valence-electron chi connectivity index (χ1n) is 8.37. The number of hydrogen-bond donors (Lipinski definition) is 2. The van der Waals surface area contributed by atoms with Gasteiger partial charge in [0.05, 0.1) is 0 Å². The first-order chi connectivity index (χ1) is 10.4. The molecule has 0 aromatic carbocycles. The van der Waals surface area contributed by atoms with E-state index in [0.29, 0.717) is 0 Å². The first-order valence-corrected chi connectivity index (χ1v) is 8.37. The van der Waals surface area contributed by atoms with E-state index < -0.39 is 0 Å². The third-order valence-electron chi connectivity index (χ3n) is 3.88. The second-order valence-corrected chi connectivity index (χ2v) is 6.62. The van der Waals surface area contributed by atoms with Crippen LogP contribution in [0.2, 0.25) is 0 Å². The van der Waals surface area contributed by atoms with Gasteiger partial charge in [0, 0.05) is 46.8 Å². The summed E-state index contributed by atoms with van der Waals surface area (Å²) in [5, 5.41) is 6.50. The van der Waals surface area contributed by atoms with Crippen molar-refractivity contribution in [3.8, 4) is 0 Å². The summed E-state index contributed by atoms with van der Waals surface area (Å²) in [6.07, 6.45) is 1.33. The van der Waals surface area contributed by atoms with E-state index in [4.69, 9.17) is 0 Å². The number of hydrogen-bond acceptors (Lipinski definition) is 3. The largest absolute Gasteiger partial charge is 0.357 e. The number of carbonyl (C=O) groups is 1. The first kappa shape index (κ1) is 18.7. The van der Waals surface area contributed by atoms with Gasteiger partial charge in [-0.3, -0.25) is 4.79 Å². The molecule has 2 unspecified atom stereocenters. The third kappa shape index (κ3) is 7.11. The lowest BCUT2D eigenvalue weighted by Crippen LogP contribution is -2.45. The highest BCUT2D eigenvalue weighted by molar-refractivity contribution is 5.84. The van der Waals surface area contributed by atoms with Crippen LogP contribution in [0.3, 0.4) is 0 Å². The standard InChI is InChI=1S/C16H33N5O/c1-6-17-16(19-10-15(22)20(4)5)18-7-8-21-11-13(2)9-14(3)12-21/h13-14H,6-12H2,1-5H3,(H2,17,18,19). The van der Waals surface area contributed by atoms with E-state index in [0.717, 1.165) is 37.4 Å². The number of carbonyl (C=O) groups excluding carboxylic acids is 1. The molecule has 128 valence electrons. The van der Waals surface area contributed by atoms with E-state index in [1.165, 1.54) is 19.5 Å². The van der Waals surface area contributed by atoms with Gasteiger partial charge in [-0.15, -0.1) is 0 Å². The Bertz CT molecular complexity index is 360. The van der Waals surface area contributed by atoms with E-state index in [-0.39, 0.29) is 12.5 Å². The Morgan fingerprint density at radius 2 is 1.86 bits per heavy atom. The van der Waals surface area contributed by atoms with Crippen molar-refractivity contribution in [2.75, 3.05) is 53.4 Å². The summed E-state index contributed by atoms with van der Waals surface area (Å²) in [5.74, 6) is 2.29. The molecule has 0 saturated carbocycles. The molecule has 0 aliphatic carbocycles. The topological polar surface area (TPSA) is 60.0 Å². The molecule has 22 heavy (non-hydrogen) atoms. The number of rotatable bonds is 6. The zero-order valence-electron chi connectivity index (χ0n) is 14.9. The minimum Gasteiger partial charge on any atom is -0.357 e. The monoisotopic (exact) mass is 311 g/mol. The number of likely N-dealkylation sites (tertiary alicyclic amines) is 1. The lowest BCUT2D eigenvalue weighted by molar-refractivity contribution is -0.127. The van der Waals surface area contributed by atoms with Crippen molar-refractivity contribution in [1.82, 2.24) is 20.4 Å². The Kier molecular flexibility index (Phi) is 8.24. The highest BCUT2D eigenvalue weighted by Gasteiger charge is 2.21. The van der Waals surface area contributed by atoms with Crippen LogP contribution in [0.4, 0.5) is 0 Å². The van der Waals surface area contributed by atoms with Crippen LogP contribution in [0.25, 0.3) is 0 Å². The smallest absolute Gasteiger partial charge is 0.243 e. The van der Waals surface area contributed by atoms with E-state index in [1.807, 2.05) is 6.92 Å². The van der Waals surface area contributed by atoms with Crippen molar-refractivity contribution in [3.63, 3.8) is 0 Å². The lowest BCUT2D eigenvalue weighted by Gasteiger charge is -2.35. The molecule has 0 bridgehead atoms. The molecule has 1 heterocycles. The summed E-state index contributed by atoms with van der Waals surface area (Å²) in [4.78, 5) is 20.0. The van der Waals surface area contributed by atoms with Gasteiger partial charge < -0.3 is 20.4 Å². The van der Waals surface area contributed by atoms with E-state index in [1.54, 1.807) is 19.0 Å². The van der Waals surface area contributed by atoms with E-state index in [9.17, 15) is 4.79 Å². The quantitative estimate of drug-likeness (QED) is 0.557. The average molecular weight is 311 g/mol. The van der Waals surface area contributed by atoms with Gasteiger partial charge in [-0.25, -0.2) is 4.99 Å². The van der Waals surface area contributed by atoms with Crippen molar-refractivity contribution in [2.24, 2.45) is 16.8 Å². The number of guanidine groups is 1. The summed E-state index contributed by atoms with van der Waals surface area (Å²) in [6, 6.07) is 0. The van der Waals surface area contributed by atoms with E-state index in [2.05, 4.69) is 34.4 Å². The maximum atomic E-state index is 11.6.